The Bertz CT molecular complexity index is 373. The topological polar surface area (TPSA) is 72.6 Å². The fourth-order valence-corrected chi connectivity index (χ4v) is 1.49. The van der Waals surface area contributed by atoms with E-state index >= 15 is 0 Å². The van der Waals surface area contributed by atoms with E-state index in [-0.39, 0.29) is 5.56 Å². The Balaban J connectivity index is 2.62. The second kappa shape index (κ2) is 2.65. The molecule has 0 amide bonds. The predicted octanol–water partition coefficient (Wildman–Crippen LogP) is 0.902. The van der Waals surface area contributed by atoms with Crippen LogP contribution < -0.4 is 10.5 Å². The summed E-state index contributed by atoms with van der Waals surface area (Å²) in [6.07, 6.45) is 0.697. The number of ether oxygens (including phenoxy) is 1. The molecule has 0 radical (unpaired) electrons. The number of aromatic carboxylic acids is 1. The Morgan fingerprint density at radius 1 is 1.54 bits per heavy atom. The average molecular weight is 179 g/mol. The summed E-state index contributed by atoms with van der Waals surface area (Å²) in [6, 6.07) is 3.08. The number of hydrogen-bond acceptors (Lipinski definition) is 3. The summed E-state index contributed by atoms with van der Waals surface area (Å²) in [5.74, 6) is -0.536. The Kier molecular flexibility index (Phi) is 1.62. The van der Waals surface area contributed by atoms with E-state index in [1.165, 1.54) is 6.07 Å². The van der Waals surface area contributed by atoms with E-state index in [1.807, 2.05) is 0 Å². The SMILES string of the molecule is Nc1ccc(C(=O)O)c2c1CCO2. The molecule has 1 heterocycles. The number of nitrogens with two attached hydrogens (primary N) is 1. The van der Waals surface area contributed by atoms with E-state index in [1.54, 1.807) is 6.07 Å². The van der Waals surface area contributed by atoms with Gasteiger partial charge in [0.1, 0.15) is 11.3 Å². The first-order valence-corrected chi connectivity index (χ1v) is 3.97. The molecule has 0 atom stereocenters. The molecule has 2 rings (SSSR count). The average Bonchev–Trinajstić information content (AvgIpc) is 2.53. The van der Waals surface area contributed by atoms with Crippen LogP contribution in [-0.2, 0) is 6.42 Å². The molecule has 1 aliphatic rings. The first-order chi connectivity index (χ1) is 6.20. The van der Waals surface area contributed by atoms with Crippen LogP contribution in [0.4, 0.5) is 5.69 Å². The number of fused-ring (bicyclic) bond motifs is 1. The molecule has 1 aromatic rings. The van der Waals surface area contributed by atoms with Crippen molar-refractivity contribution in [2.24, 2.45) is 0 Å². The molecule has 0 aromatic heterocycles. The monoisotopic (exact) mass is 179 g/mol. The maximum Gasteiger partial charge on any atom is 0.339 e. The molecule has 4 heteroatoms. The number of anilines is 1. The minimum absolute atomic E-state index is 0.196. The largest absolute Gasteiger partial charge is 0.492 e. The number of hydrogen-bond donors (Lipinski definition) is 2. The maximum absolute atomic E-state index is 10.8. The fraction of sp³-hybridized carbons (Fsp3) is 0.222. The summed E-state index contributed by atoms with van der Waals surface area (Å²) in [6.45, 7) is 0.518. The highest BCUT2D eigenvalue weighted by Crippen LogP contribution is 2.33. The molecule has 13 heavy (non-hydrogen) atoms. The normalized spacial score (nSPS) is 13.5. The second-order valence-electron chi connectivity index (χ2n) is 2.91. The zero-order valence-corrected chi connectivity index (χ0v) is 6.91. The van der Waals surface area contributed by atoms with Crippen LogP contribution in [0.2, 0.25) is 0 Å². The van der Waals surface area contributed by atoms with Crippen molar-refractivity contribution < 1.29 is 14.6 Å². The molecule has 0 unspecified atom stereocenters. The fourth-order valence-electron chi connectivity index (χ4n) is 1.49. The van der Waals surface area contributed by atoms with Crippen LogP contribution in [0.3, 0.4) is 0 Å². The number of carboxylic acid groups (broad SMARTS) is 1. The number of rotatable bonds is 1. The second-order valence-corrected chi connectivity index (χ2v) is 2.91. The molecule has 68 valence electrons. The Morgan fingerprint density at radius 3 is 3.00 bits per heavy atom. The van der Waals surface area contributed by atoms with Gasteiger partial charge in [-0.1, -0.05) is 0 Å². The zero-order chi connectivity index (χ0) is 9.42. The van der Waals surface area contributed by atoms with Gasteiger partial charge in [0.2, 0.25) is 0 Å². The van der Waals surface area contributed by atoms with Gasteiger partial charge < -0.3 is 15.6 Å². The Morgan fingerprint density at radius 2 is 2.31 bits per heavy atom. The first kappa shape index (κ1) is 7.91. The van der Waals surface area contributed by atoms with Crippen LogP contribution in [0.15, 0.2) is 12.1 Å². The number of carboxylic acids is 1. The first-order valence-electron chi connectivity index (χ1n) is 3.97. The zero-order valence-electron chi connectivity index (χ0n) is 6.91. The Hall–Kier alpha value is -1.71. The molecule has 1 aliphatic heterocycles. The summed E-state index contributed by atoms with van der Waals surface area (Å²) in [4.78, 5) is 10.8. The summed E-state index contributed by atoms with van der Waals surface area (Å²) in [7, 11) is 0. The lowest BCUT2D eigenvalue weighted by Crippen LogP contribution is -2.01. The van der Waals surface area contributed by atoms with Gasteiger partial charge >= 0.3 is 5.97 Å². The molecule has 4 nitrogen and oxygen atoms in total. The minimum atomic E-state index is -0.974. The van der Waals surface area contributed by atoms with Crippen LogP contribution in [0.25, 0.3) is 0 Å². The van der Waals surface area contributed by atoms with E-state index in [0.29, 0.717) is 24.5 Å². The minimum Gasteiger partial charge on any atom is -0.492 e. The van der Waals surface area contributed by atoms with Crippen molar-refractivity contribution in [1.82, 2.24) is 0 Å². The van der Waals surface area contributed by atoms with Gasteiger partial charge in [-0.3, -0.25) is 0 Å². The van der Waals surface area contributed by atoms with Crippen molar-refractivity contribution in [3.05, 3.63) is 23.3 Å². The van der Waals surface area contributed by atoms with E-state index < -0.39 is 5.97 Å². The summed E-state index contributed by atoms with van der Waals surface area (Å²) in [5, 5.41) is 8.82. The predicted molar refractivity (Wildman–Crippen MR) is 47.0 cm³/mol. The van der Waals surface area contributed by atoms with E-state index in [4.69, 9.17) is 15.6 Å². The molecule has 0 spiro atoms. The van der Waals surface area contributed by atoms with Crippen LogP contribution in [0.5, 0.6) is 5.75 Å². The van der Waals surface area contributed by atoms with Gasteiger partial charge in [0.25, 0.3) is 0 Å². The van der Waals surface area contributed by atoms with Crippen molar-refractivity contribution in [2.75, 3.05) is 12.3 Å². The molecular weight excluding hydrogens is 170 g/mol. The van der Waals surface area contributed by atoms with Gasteiger partial charge in [-0.25, -0.2) is 4.79 Å². The molecular formula is C9H9NO3. The number of benzene rings is 1. The molecule has 3 N–H and O–H groups in total. The highest BCUT2D eigenvalue weighted by Gasteiger charge is 2.22. The van der Waals surface area contributed by atoms with Crippen molar-refractivity contribution in [3.63, 3.8) is 0 Å². The molecule has 0 bridgehead atoms. The lowest BCUT2D eigenvalue weighted by molar-refractivity contribution is 0.0693. The number of carbonyl (C=O) groups is 1. The lowest BCUT2D eigenvalue weighted by Gasteiger charge is -2.05. The molecule has 1 aromatic carbocycles. The standard InChI is InChI=1S/C9H9NO3/c10-7-2-1-6(9(11)12)8-5(7)3-4-13-8/h1-2H,3-4,10H2,(H,11,12). The number of nitrogen functional groups attached to an aromatic ring is 1. The summed E-state index contributed by atoms with van der Waals surface area (Å²) >= 11 is 0. The third-order valence-corrected chi connectivity index (χ3v) is 2.13. The van der Waals surface area contributed by atoms with E-state index in [0.717, 1.165) is 5.56 Å². The third-order valence-electron chi connectivity index (χ3n) is 2.13. The van der Waals surface area contributed by atoms with E-state index in [9.17, 15) is 4.79 Å². The smallest absolute Gasteiger partial charge is 0.339 e. The maximum atomic E-state index is 10.8. The molecule has 0 fully saturated rings. The van der Waals surface area contributed by atoms with Gasteiger partial charge in [-0.15, -0.1) is 0 Å². The van der Waals surface area contributed by atoms with Crippen LogP contribution in [0.1, 0.15) is 15.9 Å². The molecule has 0 saturated carbocycles. The van der Waals surface area contributed by atoms with Gasteiger partial charge in [0, 0.05) is 17.7 Å². The van der Waals surface area contributed by atoms with Gasteiger partial charge in [0.05, 0.1) is 6.61 Å². The lowest BCUT2D eigenvalue weighted by atomic mass is 10.1. The van der Waals surface area contributed by atoms with Crippen molar-refractivity contribution in [3.8, 4) is 5.75 Å². The van der Waals surface area contributed by atoms with Crippen molar-refractivity contribution >= 4 is 11.7 Å². The quantitative estimate of drug-likeness (QED) is 0.628. The van der Waals surface area contributed by atoms with Crippen LogP contribution in [-0.4, -0.2) is 17.7 Å². The summed E-state index contributed by atoms with van der Waals surface area (Å²) < 4.78 is 5.21. The Labute approximate surface area is 74.9 Å². The van der Waals surface area contributed by atoms with Gasteiger partial charge in [-0.2, -0.15) is 0 Å². The highest BCUT2D eigenvalue weighted by atomic mass is 16.5. The van der Waals surface area contributed by atoms with Crippen LogP contribution >= 0.6 is 0 Å². The third kappa shape index (κ3) is 1.11. The highest BCUT2D eigenvalue weighted by molar-refractivity contribution is 5.92. The molecule has 0 aliphatic carbocycles. The molecule has 0 saturated heterocycles. The van der Waals surface area contributed by atoms with E-state index in [2.05, 4.69) is 0 Å². The van der Waals surface area contributed by atoms with Gasteiger partial charge in [-0.05, 0) is 12.1 Å². The van der Waals surface area contributed by atoms with Gasteiger partial charge in [0.15, 0.2) is 0 Å². The van der Waals surface area contributed by atoms with Crippen LogP contribution in [0, 0.1) is 0 Å². The van der Waals surface area contributed by atoms with Crippen molar-refractivity contribution in [1.29, 1.82) is 0 Å². The summed E-state index contributed by atoms with van der Waals surface area (Å²) in [5.41, 5.74) is 7.29. The van der Waals surface area contributed by atoms with Crippen molar-refractivity contribution in [2.45, 2.75) is 6.42 Å².